The monoisotopic (exact) mass is 428 g/mol. The number of fused-ring (bicyclic) bond motifs is 2. The molecule has 1 aliphatic heterocycles. The number of carbonyl (C=O) groups is 1. The average Bonchev–Trinajstić information content (AvgIpc) is 3.09. The van der Waals surface area contributed by atoms with Crippen LogP contribution in [0.5, 0.6) is 5.75 Å². The van der Waals surface area contributed by atoms with Crippen molar-refractivity contribution in [3.8, 4) is 5.75 Å². The smallest absolute Gasteiger partial charge is 0.260 e. The Morgan fingerprint density at radius 3 is 2.87 bits per heavy atom. The van der Waals surface area contributed by atoms with Gasteiger partial charge in [0.2, 0.25) is 0 Å². The number of likely N-dealkylation sites (N-methyl/N-ethyl adjacent to an activating group) is 1. The van der Waals surface area contributed by atoms with Crippen LogP contribution in [0.15, 0.2) is 24.4 Å². The van der Waals surface area contributed by atoms with Gasteiger partial charge in [-0.15, -0.1) is 0 Å². The molecular formula is C21H25ClN6O2. The van der Waals surface area contributed by atoms with E-state index in [9.17, 15) is 4.79 Å². The Hall–Kier alpha value is -2.84. The van der Waals surface area contributed by atoms with Gasteiger partial charge in [-0.05, 0) is 44.6 Å². The molecule has 158 valence electrons. The van der Waals surface area contributed by atoms with Crippen molar-refractivity contribution in [3.63, 3.8) is 0 Å². The van der Waals surface area contributed by atoms with E-state index in [4.69, 9.17) is 16.3 Å². The van der Waals surface area contributed by atoms with Crippen LogP contribution < -0.4 is 10.1 Å². The Morgan fingerprint density at radius 1 is 1.20 bits per heavy atom. The summed E-state index contributed by atoms with van der Waals surface area (Å²) in [6, 6.07) is 5.38. The quantitative estimate of drug-likeness (QED) is 0.571. The third-order valence-electron chi connectivity index (χ3n) is 5.17. The topological polar surface area (TPSA) is 86.4 Å². The van der Waals surface area contributed by atoms with Gasteiger partial charge >= 0.3 is 0 Å². The maximum atomic E-state index is 12.4. The van der Waals surface area contributed by atoms with Crippen LogP contribution in [0.3, 0.4) is 0 Å². The van der Waals surface area contributed by atoms with Crippen LogP contribution in [-0.2, 0) is 11.3 Å². The van der Waals surface area contributed by atoms with Crippen LogP contribution in [0.25, 0.3) is 11.0 Å². The first-order valence-electron chi connectivity index (χ1n) is 9.87. The first kappa shape index (κ1) is 20.4. The maximum absolute atomic E-state index is 12.4. The zero-order valence-corrected chi connectivity index (χ0v) is 18.1. The highest BCUT2D eigenvalue weighted by Gasteiger charge is 2.17. The van der Waals surface area contributed by atoms with Crippen molar-refractivity contribution >= 4 is 40.0 Å². The number of nitrogens with one attached hydrogen (secondary N) is 2. The molecule has 0 saturated carbocycles. The standard InChI is InChI=1S/C21H25ClN6O2/c1-13-24-20-19-14(10-23-20)11-27(2)7-4-8-28(3)18(29)12-30-17-9-15(5-6-16(17)22)26-21(19)25-13/h5-6,9-10H,4,7-8,11-12H2,1-3H3,(H2,23,24,25,26). The van der Waals surface area contributed by atoms with Crippen molar-refractivity contribution in [2.75, 3.05) is 39.1 Å². The van der Waals surface area contributed by atoms with Crippen molar-refractivity contribution in [2.45, 2.75) is 19.9 Å². The molecule has 3 heterocycles. The lowest BCUT2D eigenvalue weighted by Gasteiger charge is -2.21. The number of rotatable bonds is 0. The van der Waals surface area contributed by atoms with Crippen molar-refractivity contribution in [1.29, 1.82) is 0 Å². The van der Waals surface area contributed by atoms with Gasteiger partial charge in [-0.2, -0.15) is 0 Å². The van der Waals surface area contributed by atoms with Gasteiger partial charge in [0.25, 0.3) is 5.91 Å². The zero-order chi connectivity index (χ0) is 21.3. The fraction of sp³-hybridized carbons (Fsp3) is 0.381. The van der Waals surface area contributed by atoms with Crippen molar-refractivity contribution in [2.24, 2.45) is 0 Å². The zero-order valence-electron chi connectivity index (χ0n) is 17.3. The van der Waals surface area contributed by atoms with E-state index in [-0.39, 0.29) is 12.5 Å². The summed E-state index contributed by atoms with van der Waals surface area (Å²) >= 11 is 6.29. The summed E-state index contributed by atoms with van der Waals surface area (Å²) in [5.41, 5.74) is 2.67. The summed E-state index contributed by atoms with van der Waals surface area (Å²) < 4.78 is 5.72. The molecular weight excluding hydrogens is 404 g/mol. The van der Waals surface area contributed by atoms with Gasteiger partial charge in [0.15, 0.2) is 6.61 Å². The summed E-state index contributed by atoms with van der Waals surface area (Å²) in [5.74, 6) is 1.75. The number of aromatic nitrogens is 3. The van der Waals surface area contributed by atoms with Crippen LogP contribution in [0.4, 0.5) is 11.5 Å². The van der Waals surface area contributed by atoms with Crippen LogP contribution in [0, 0.1) is 6.92 Å². The molecule has 1 aromatic carbocycles. The Kier molecular flexibility index (Phi) is 5.78. The number of amides is 1. The van der Waals surface area contributed by atoms with Crippen LogP contribution in [0.2, 0.25) is 5.02 Å². The van der Waals surface area contributed by atoms with Gasteiger partial charge in [0, 0.05) is 38.1 Å². The average molecular weight is 429 g/mol. The normalized spacial score (nSPS) is 16.4. The predicted molar refractivity (Wildman–Crippen MR) is 117 cm³/mol. The van der Waals surface area contributed by atoms with Gasteiger partial charge in [0.1, 0.15) is 23.0 Å². The number of anilines is 2. The molecule has 0 fully saturated rings. The second kappa shape index (κ2) is 8.49. The number of aryl methyl sites for hydroxylation is 1. The lowest BCUT2D eigenvalue weighted by Crippen LogP contribution is -2.33. The predicted octanol–water partition coefficient (Wildman–Crippen LogP) is 3.34. The number of halogens is 1. The van der Waals surface area contributed by atoms with E-state index in [1.165, 1.54) is 0 Å². The van der Waals surface area contributed by atoms with Crippen molar-refractivity contribution in [3.05, 3.63) is 40.8 Å². The molecule has 0 atom stereocenters. The third-order valence-corrected chi connectivity index (χ3v) is 5.48. The molecule has 0 saturated heterocycles. The first-order valence-corrected chi connectivity index (χ1v) is 10.2. The maximum Gasteiger partial charge on any atom is 0.260 e. The molecule has 0 unspecified atom stereocenters. The molecule has 4 rings (SSSR count). The molecule has 0 spiro atoms. The molecule has 0 radical (unpaired) electrons. The number of H-pyrrole nitrogens is 1. The van der Waals surface area contributed by atoms with E-state index in [0.29, 0.717) is 23.1 Å². The lowest BCUT2D eigenvalue weighted by molar-refractivity contribution is -0.132. The molecule has 0 aliphatic carbocycles. The van der Waals surface area contributed by atoms with E-state index in [2.05, 4.69) is 32.2 Å². The van der Waals surface area contributed by atoms with Crippen molar-refractivity contribution < 1.29 is 9.53 Å². The Labute approximate surface area is 180 Å². The number of benzene rings is 1. The Balaban J connectivity index is 1.76. The van der Waals surface area contributed by atoms with E-state index < -0.39 is 0 Å². The molecule has 2 bridgehead atoms. The summed E-state index contributed by atoms with van der Waals surface area (Å²) in [7, 11) is 3.86. The van der Waals surface area contributed by atoms with Gasteiger partial charge in [0.05, 0.1) is 10.4 Å². The molecule has 9 heteroatoms. The van der Waals surface area contributed by atoms with Crippen LogP contribution in [-0.4, -0.2) is 64.5 Å². The van der Waals surface area contributed by atoms with Gasteiger partial charge in [-0.25, -0.2) is 9.97 Å². The van der Waals surface area contributed by atoms with Gasteiger partial charge < -0.3 is 24.8 Å². The van der Waals surface area contributed by atoms with E-state index in [1.54, 1.807) is 24.1 Å². The number of hydrogen-bond acceptors (Lipinski definition) is 6. The first-order chi connectivity index (χ1) is 14.4. The lowest BCUT2D eigenvalue weighted by atomic mass is 10.2. The molecule has 30 heavy (non-hydrogen) atoms. The third kappa shape index (κ3) is 4.34. The van der Waals surface area contributed by atoms with Crippen molar-refractivity contribution in [1.82, 2.24) is 24.8 Å². The molecule has 3 aromatic rings. The van der Waals surface area contributed by atoms with E-state index >= 15 is 0 Å². The largest absolute Gasteiger partial charge is 0.482 e. The second-order valence-corrected chi connectivity index (χ2v) is 8.03. The highest BCUT2D eigenvalue weighted by atomic mass is 35.5. The number of hydrogen-bond donors (Lipinski definition) is 2. The highest BCUT2D eigenvalue weighted by Crippen LogP contribution is 2.32. The minimum absolute atomic E-state index is 0.0612. The van der Waals surface area contributed by atoms with Gasteiger partial charge in [-0.1, -0.05) is 11.6 Å². The minimum Gasteiger partial charge on any atom is -0.482 e. The Bertz CT molecular complexity index is 1080. The summed E-state index contributed by atoms with van der Waals surface area (Å²) in [4.78, 5) is 28.8. The molecule has 8 nitrogen and oxygen atoms in total. The number of ether oxygens (including phenoxy) is 1. The van der Waals surface area contributed by atoms with E-state index in [1.807, 2.05) is 19.2 Å². The second-order valence-electron chi connectivity index (χ2n) is 7.62. The minimum atomic E-state index is -0.0831. The summed E-state index contributed by atoms with van der Waals surface area (Å²) in [5, 5.41) is 4.79. The number of aromatic amines is 1. The van der Waals surface area contributed by atoms with E-state index in [0.717, 1.165) is 47.6 Å². The molecule has 2 aromatic heterocycles. The van der Waals surface area contributed by atoms with Crippen LogP contribution in [0.1, 0.15) is 17.8 Å². The SMILES string of the molecule is Cc1nc2c3c(c[nH]c3n1)CN(C)CCCN(C)C(=O)COc1cc(ccc1Cl)N2. The fourth-order valence-electron chi connectivity index (χ4n) is 3.57. The number of nitrogens with zero attached hydrogens (tertiary/aromatic N) is 4. The highest BCUT2D eigenvalue weighted by molar-refractivity contribution is 6.32. The van der Waals surface area contributed by atoms with Gasteiger partial charge in [-0.3, -0.25) is 4.79 Å². The summed E-state index contributed by atoms with van der Waals surface area (Å²) in [6.07, 6.45) is 2.84. The molecule has 2 N–H and O–H groups in total. The molecule has 1 aliphatic rings. The van der Waals surface area contributed by atoms with Crippen LogP contribution >= 0.6 is 11.6 Å². The summed E-state index contributed by atoms with van der Waals surface area (Å²) in [6.45, 7) is 4.05. The fourth-order valence-corrected chi connectivity index (χ4v) is 3.75. The molecule has 1 amide bonds. The Morgan fingerprint density at radius 2 is 2.03 bits per heavy atom. The number of carbonyl (C=O) groups excluding carboxylic acids is 1.